The Balaban J connectivity index is 1.72. The molecule has 1 aromatic carbocycles. The van der Waals surface area contributed by atoms with Gasteiger partial charge in [-0.3, -0.25) is 5.10 Å². The highest BCUT2D eigenvalue weighted by atomic mass is 32.1. The average molecular weight is 299 g/mol. The Morgan fingerprint density at radius 3 is 2.76 bits per heavy atom. The van der Waals surface area contributed by atoms with Gasteiger partial charge >= 0.3 is 0 Å². The molecule has 0 bridgehead atoms. The lowest BCUT2D eigenvalue weighted by atomic mass is 10.1. The lowest BCUT2D eigenvalue weighted by Crippen LogP contribution is -2.24. The van der Waals surface area contributed by atoms with E-state index in [2.05, 4.69) is 21.6 Å². The van der Waals surface area contributed by atoms with Crippen LogP contribution in [0.25, 0.3) is 10.6 Å². The second-order valence-corrected chi connectivity index (χ2v) is 5.72. The molecule has 0 spiro atoms. The average Bonchev–Trinajstić information content (AvgIpc) is 3.20. The molecular formula is C16H17N3OS. The number of nitrogens with one attached hydrogen (secondary N) is 2. The van der Waals surface area contributed by atoms with Crippen LogP contribution in [0, 0.1) is 0 Å². The van der Waals surface area contributed by atoms with Crippen LogP contribution in [0.2, 0.25) is 0 Å². The molecule has 0 saturated carbocycles. The summed E-state index contributed by atoms with van der Waals surface area (Å²) >= 11 is 1.68. The summed E-state index contributed by atoms with van der Waals surface area (Å²) in [6.07, 6.45) is 1.83. The molecule has 108 valence electrons. The minimum absolute atomic E-state index is 0.0657. The Bertz CT molecular complexity index is 664. The van der Waals surface area contributed by atoms with E-state index in [0.29, 0.717) is 6.54 Å². The predicted octanol–water partition coefficient (Wildman–Crippen LogP) is 2.96. The van der Waals surface area contributed by atoms with Crippen LogP contribution in [-0.4, -0.2) is 21.9 Å². The third-order valence-electron chi connectivity index (χ3n) is 3.41. The van der Waals surface area contributed by atoms with E-state index < -0.39 is 0 Å². The maximum absolute atomic E-state index is 9.58. The van der Waals surface area contributed by atoms with E-state index in [4.69, 9.17) is 0 Å². The third-order valence-corrected chi connectivity index (χ3v) is 4.30. The van der Waals surface area contributed by atoms with Gasteiger partial charge in [-0.15, -0.1) is 11.3 Å². The van der Waals surface area contributed by atoms with Crippen LogP contribution in [0.4, 0.5) is 0 Å². The molecule has 0 fully saturated rings. The van der Waals surface area contributed by atoms with Crippen molar-refractivity contribution in [3.8, 4) is 10.6 Å². The molecule has 0 saturated heterocycles. The largest absolute Gasteiger partial charge is 0.394 e. The molecule has 21 heavy (non-hydrogen) atoms. The summed E-state index contributed by atoms with van der Waals surface area (Å²) in [6, 6.07) is 14.0. The molecule has 3 N–H and O–H groups in total. The van der Waals surface area contributed by atoms with Gasteiger partial charge in [0.1, 0.15) is 0 Å². The Hall–Kier alpha value is -1.95. The van der Waals surface area contributed by atoms with E-state index in [1.54, 1.807) is 11.3 Å². The second-order valence-electron chi connectivity index (χ2n) is 4.77. The smallest absolute Gasteiger partial charge is 0.0794 e. The molecule has 2 aromatic heterocycles. The third kappa shape index (κ3) is 3.21. The minimum Gasteiger partial charge on any atom is -0.394 e. The fourth-order valence-corrected chi connectivity index (χ4v) is 3.04. The highest BCUT2D eigenvalue weighted by Gasteiger charge is 2.12. The molecule has 0 unspecified atom stereocenters. The summed E-state index contributed by atoms with van der Waals surface area (Å²) in [5, 5.41) is 22.2. The van der Waals surface area contributed by atoms with Crippen LogP contribution < -0.4 is 5.32 Å². The molecule has 0 aliphatic carbocycles. The standard InChI is InChI=1S/C16H17N3OS/c20-11-14(12-5-2-1-3-6-12)17-9-13-10-18-19-16(13)15-7-4-8-21-15/h1-8,10,14,17,20H,9,11H2,(H,18,19)/t14-/m0/s1. The maximum atomic E-state index is 9.58. The number of aromatic nitrogens is 2. The van der Waals surface area contributed by atoms with E-state index in [1.165, 1.54) is 4.88 Å². The SMILES string of the molecule is OC[C@H](NCc1cn[nH]c1-c1cccs1)c1ccccc1. The lowest BCUT2D eigenvalue weighted by Gasteiger charge is -2.16. The minimum atomic E-state index is -0.0720. The first-order valence-corrected chi connectivity index (χ1v) is 7.71. The van der Waals surface area contributed by atoms with Crippen molar-refractivity contribution in [2.75, 3.05) is 6.61 Å². The van der Waals surface area contributed by atoms with Crippen molar-refractivity contribution in [3.63, 3.8) is 0 Å². The van der Waals surface area contributed by atoms with Crippen molar-refractivity contribution in [2.45, 2.75) is 12.6 Å². The molecule has 1 atom stereocenters. The molecule has 2 heterocycles. The number of benzene rings is 1. The van der Waals surface area contributed by atoms with Crippen molar-refractivity contribution >= 4 is 11.3 Å². The number of aromatic amines is 1. The molecule has 3 aromatic rings. The first-order chi connectivity index (χ1) is 10.4. The monoisotopic (exact) mass is 299 g/mol. The molecule has 0 radical (unpaired) electrons. The number of nitrogens with zero attached hydrogens (tertiary/aromatic N) is 1. The highest BCUT2D eigenvalue weighted by molar-refractivity contribution is 7.13. The molecule has 0 aliphatic heterocycles. The van der Waals surface area contributed by atoms with Crippen molar-refractivity contribution < 1.29 is 5.11 Å². The van der Waals surface area contributed by atoms with Gasteiger partial charge in [-0.25, -0.2) is 0 Å². The van der Waals surface area contributed by atoms with E-state index >= 15 is 0 Å². The Morgan fingerprint density at radius 2 is 2.05 bits per heavy atom. The van der Waals surface area contributed by atoms with Crippen LogP contribution in [0.5, 0.6) is 0 Å². The van der Waals surface area contributed by atoms with E-state index in [1.807, 2.05) is 48.0 Å². The zero-order chi connectivity index (χ0) is 14.5. The molecular weight excluding hydrogens is 282 g/mol. The fourth-order valence-electron chi connectivity index (χ4n) is 2.29. The highest BCUT2D eigenvalue weighted by Crippen LogP contribution is 2.26. The zero-order valence-corrected chi connectivity index (χ0v) is 12.3. The molecule has 3 rings (SSSR count). The quantitative estimate of drug-likeness (QED) is 0.656. The summed E-state index contributed by atoms with van der Waals surface area (Å²) in [6.45, 7) is 0.722. The van der Waals surface area contributed by atoms with Gasteiger partial charge in [0.05, 0.1) is 29.4 Å². The summed E-state index contributed by atoms with van der Waals surface area (Å²) in [5.74, 6) is 0. The number of aliphatic hydroxyl groups excluding tert-OH is 1. The van der Waals surface area contributed by atoms with Crippen LogP contribution >= 0.6 is 11.3 Å². The molecule has 0 amide bonds. The van der Waals surface area contributed by atoms with Crippen LogP contribution in [0.3, 0.4) is 0 Å². The first-order valence-electron chi connectivity index (χ1n) is 6.84. The predicted molar refractivity (Wildman–Crippen MR) is 85.0 cm³/mol. The number of thiophene rings is 1. The van der Waals surface area contributed by atoms with E-state index in [-0.39, 0.29) is 12.6 Å². The first kappa shape index (κ1) is 14.0. The van der Waals surface area contributed by atoms with E-state index in [9.17, 15) is 5.11 Å². The van der Waals surface area contributed by atoms with Crippen molar-refractivity contribution in [2.24, 2.45) is 0 Å². The van der Waals surface area contributed by atoms with Crippen LogP contribution in [0.15, 0.2) is 54.0 Å². The van der Waals surface area contributed by atoms with Crippen LogP contribution in [-0.2, 0) is 6.54 Å². The fraction of sp³-hybridized carbons (Fsp3) is 0.188. The topological polar surface area (TPSA) is 60.9 Å². The molecule has 4 nitrogen and oxygen atoms in total. The maximum Gasteiger partial charge on any atom is 0.0794 e. The van der Waals surface area contributed by atoms with Gasteiger partial charge in [-0.05, 0) is 17.0 Å². The van der Waals surface area contributed by atoms with E-state index in [0.717, 1.165) is 16.8 Å². The Kier molecular flexibility index (Phi) is 4.45. The summed E-state index contributed by atoms with van der Waals surface area (Å²) in [4.78, 5) is 1.17. The van der Waals surface area contributed by atoms with Crippen molar-refractivity contribution in [3.05, 3.63) is 65.2 Å². The molecule has 5 heteroatoms. The summed E-state index contributed by atoms with van der Waals surface area (Å²) in [7, 11) is 0. The van der Waals surface area contributed by atoms with Crippen LogP contribution in [0.1, 0.15) is 17.2 Å². The number of hydrogen-bond acceptors (Lipinski definition) is 4. The number of H-pyrrole nitrogens is 1. The second kappa shape index (κ2) is 6.67. The van der Waals surface area contributed by atoms with Gasteiger partial charge in [0, 0.05) is 12.1 Å². The summed E-state index contributed by atoms with van der Waals surface area (Å²) < 4.78 is 0. The number of rotatable bonds is 6. The van der Waals surface area contributed by atoms with Crippen molar-refractivity contribution in [1.29, 1.82) is 0 Å². The van der Waals surface area contributed by atoms with Crippen molar-refractivity contribution in [1.82, 2.24) is 15.5 Å². The normalized spacial score (nSPS) is 12.4. The van der Waals surface area contributed by atoms with Gasteiger partial charge in [-0.1, -0.05) is 36.4 Å². The summed E-state index contributed by atoms with van der Waals surface area (Å²) in [5.41, 5.74) is 3.23. The molecule has 0 aliphatic rings. The number of hydrogen-bond donors (Lipinski definition) is 3. The van der Waals surface area contributed by atoms with Gasteiger partial charge < -0.3 is 10.4 Å². The number of aliphatic hydroxyl groups is 1. The lowest BCUT2D eigenvalue weighted by molar-refractivity contribution is 0.243. The zero-order valence-electron chi connectivity index (χ0n) is 11.5. The van der Waals surface area contributed by atoms with Gasteiger partial charge in [0.15, 0.2) is 0 Å². The van der Waals surface area contributed by atoms with Gasteiger partial charge in [-0.2, -0.15) is 5.10 Å². The van der Waals surface area contributed by atoms with Gasteiger partial charge in [0.2, 0.25) is 0 Å². The Morgan fingerprint density at radius 1 is 1.19 bits per heavy atom. The van der Waals surface area contributed by atoms with Gasteiger partial charge in [0.25, 0.3) is 0 Å². The Labute approximate surface area is 127 Å².